The van der Waals surface area contributed by atoms with E-state index >= 15 is 0 Å². The minimum absolute atomic E-state index is 0.115. The Morgan fingerprint density at radius 2 is 1.80 bits per heavy atom. The van der Waals surface area contributed by atoms with Crippen LogP contribution in [0.2, 0.25) is 0 Å². The molecule has 1 atom stereocenters. The molecule has 3 aromatic rings. The molecule has 0 radical (unpaired) electrons. The van der Waals surface area contributed by atoms with Gasteiger partial charge in [-0.05, 0) is 62.2 Å². The molecule has 6 nitrogen and oxygen atoms in total. The monoisotopic (exact) mass is 478 g/mol. The summed E-state index contributed by atoms with van der Waals surface area (Å²) in [7, 11) is 3.54. The first kappa shape index (κ1) is 29.8. The molecule has 35 heavy (non-hydrogen) atoms. The van der Waals surface area contributed by atoms with Crippen LogP contribution < -0.4 is 15.4 Å². The Bertz CT molecular complexity index is 1040. The Balaban J connectivity index is 0.000000425. The van der Waals surface area contributed by atoms with E-state index in [-0.39, 0.29) is 6.17 Å². The molecule has 0 fully saturated rings. The van der Waals surface area contributed by atoms with Crippen molar-refractivity contribution < 1.29 is 9.53 Å². The summed E-state index contributed by atoms with van der Waals surface area (Å²) in [6, 6.07) is 15.4. The second kappa shape index (κ2) is 16.4. The standard InChI is InChI=1S/C19H28N4.C8H8O2.C2H6/c1-14-8-6-7-9-18(14)15(2)12-19(21-11-10-20-5)23-17(4)16(3)13-22-23;1-10-8-4-2-3-7(5-8)6-9;1-2/h6-9,13,19-21H,2,10-12H2,1,3-5H3;2-6H,1H3;1-2H3. The summed E-state index contributed by atoms with van der Waals surface area (Å²) in [5.41, 5.74) is 6.68. The number of carbonyl (C=O) groups excluding carboxylic acids is 1. The Kier molecular flexibility index (Phi) is 14.0. The number of nitrogens with zero attached hydrogens (tertiary/aromatic N) is 2. The number of hydrogen-bond donors (Lipinski definition) is 2. The zero-order chi connectivity index (χ0) is 26.2. The molecule has 3 rings (SSSR count). The van der Waals surface area contributed by atoms with Gasteiger partial charge in [-0.2, -0.15) is 5.10 Å². The smallest absolute Gasteiger partial charge is 0.150 e. The number of aromatic nitrogens is 2. The van der Waals surface area contributed by atoms with E-state index in [4.69, 9.17) is 4.74 Å². The lowest BCUT2D eigenvalue weighted by molar-refractivity contribution is 0.112. The van der Waals surface area contributed by atoms with Crippen LogP contribution in [-0.2, 0) is 0 Å². The van der Waals surface area contributed by atoms with Gasteiger partial charge >= 0.3 is 0 Å². The number of carbonyl (C=O) groups is 1. The molecule has 0 amide bonds. The zero-order valence-electron chi connectivity index (χ0n) is 22.4. The lowest BCUT2D eigenvalue weighted by atomic mass is 9.98. The van der Waals surface area contributed by atoms with Crippen molar-refractivity contribution in [2.45, 2.75) is 47.2 Å². The van der Waals surface area contributed by atoms with Crippen LogP contribution in [0.25, 0.3) is 5.57 Å². The van der Waals surface area contributed by atoms with Crippen molar-refractivity contribution in [2.75, 3.05) is 27.2 Å². The van der Waals surface area contributed by atoms with Gasteiger partial charge in [-0.1, -0.05) is 56.8 Å². The molecule has 0 saturated carbocycles. The predicted molar refractivity (Wildman–Crippen MR) is 147 cm³/mol. The highest BCUT2D eigenvalue weighted by molar-refractivity contribution is 5.75. The molecule has 190 valence electrons. The van der Waals surface area contributed by atoms with Crippen LogP contribution in [0.3, 0.4) is 0 Å². The first-order chi connectivity index (χ1) is 16.9. The van der Waals surface area contributed by atoms with E-state index in [1.165, 1.54) is 22.4 Å². The topological polar surface area (TPSA) is 68.2 Å². The molecule has 0 aliphatic carbocycles. The van der Waals surface area contributed by atoms with E-state index in [0.29, 0.717) is 11.3 Å². The van der Waals surface area contributed by atoms with Gasteiger partial charge in [0.2, 0.25) is 0 Å². The van der Waals surface area contributed by atoms with Gasteiger partial charge in [0.15, 0.2) is 0 Å². The number of benzene rings is 2. The first-order valence-corrected chi connectivity index (χ1v) is 12.1. The van der Waals surface area contributed by atoms with Crippen LogP contribution in [0.15, 0.2) is 61.3 Å². The number of aldehydes is 1. The average molecular weight is 479 g/mol. The minimum atomic E-state index is 0.115. The number of rotatable bonds is 10. The Labute approximate surface area is 211 Å². The fraction of sp³-hybridized carbons (Fsp3) is 0.379. The summed E-state index contributed by atoms with van der Waals surface area (Å²) in [5.74, 6) is 0.713. The maximum absolute atomic E-state index is 10.2. The highest BCUT2D eigenvalue weighted by Gasteiger charge is 2.17. The summed E-state index contributed by atoms with van der Waals surface area (Å²) in [6.45, 7) is 16.5. The van der Waals surface area contributed by atoms with Crippen molar-refractivity contribution in [3.8, 4) is 5.75 Å². The summed E-state index contributed by atoms with van der Waals surface area (Å²) < 4.78 is 6.98. The lowest BCUT2D eigenvalue weighted by Crippen LogP contribution is -2.33. The predicted octanol–water partition coefficient (Wildman–Crippen LogP) is 5.75. The van der Waals surface area contributed by atoms with Gasteiger partial charge in [0.05, 0.1) is 13.3 Å². The largest absolute Gasteiger partial charge is 0.497 e. The van der Waals surface area contributed by atoms with Crippen LogP contribution in [0.4, 0.5) is 0 Å². The SMILES string of the molecule is C=C(CC(NCCNC)n1ncc(C)c1C)c1ccccc1C.CC.COc1cccc(C=O)c1. The molecule has 2 N–H and O–H groups in total. The van der Waals surface area contributed by atoms with Gasteiger partial charge in [-0.25, -0.2) is 0 Å². The highest BCUT2D eigenvalue weighted by atomic mass is 16.5. The second-order valence-corrected chi connectivity index (χ2v) is 7.95. The Morgan fingerprint density at radius 3 is 2.37 bits per heavy atom. The molecule has 1 aromatic heterocycles. The maximum atomic E-state index is 10.2. The van der Waals surface area contributed by atoms with Crippen LogP contribution in [0, 0.1) is 20.8 Å². The van der Waals surface area contributed by atoms with Gasteiger partial charge in [-0.3, -0.25) is 14.8 Å². The Hall–Kier alpha value is -3.22. The van der Waals surface area contributed by atoms with E-state index in [0.717, 1.165) is 31.4 Å². The molecule has 6 heteroatoms. The Morgan fingerprint density at radius 1 is 1.09 bits per heavy atom. The van der Waals surface area contributed by atoms with Gasteiger partial charge in [0, 0.05) is 30.8 Å². The molecule has 0 aliphatic rings. The lowest BCUT2D eigenvalue weighted by Gasteiger charge is -2.23. The number of methoxy groups -OCH3 is 1. The van der Waals surface area contributed by atoms with E-state index in [1.54, 1.807) is 31.4 Å². The summed E-state index contributed by atoms with van der Waals surface area (Å²) in [6.07, 6.45) is 3.67. The van der Waals surface area contributed by atoms with Crippen molar-refractivity contribution >= 4 is 11.9 Å². The first-order valence-electron chi connectivity index (χ1n) is 12.1. The number of nitrogens with one attached hydrogen (secondary N) is 2. The van der Waals surface area contributed by atoms with Crippen LogP contribution in [0.5, 0.6) is 5.75 Å². The highest BCUT2D eigenvalue weighted by Crippen LogP contribution is 2.26. The minimum Gasteiger partial charge on any atom is -0.497 e. The number of likely N-dealkylation sites (N-methyl/N-ethyl adjacent to an activating group) is 1. The van der Waals surface area contributed by atoms with Gasteiger partial charge in [0.1, 0.15) is 18.2 Å². The summed E-state index contributed by atoms with van der Waals surface area (Å²) in [4.78, 5) is 10.2. The normalized spacial score (nSPS) is 10.8. The maximum Gasteiger partial charge on any atom is 0.150 e. The van der Waals surface area contributed by atoms with Crippen LogP contribution in [-0.4, -0.2) is 43.3 Å². The molecule has 2 aromatic carbocycles. The quantitative estimate of drug-likeness (QED) is 0.287. The summed E-state index contributed by atoms with van der Waals surface area (Å²) >= 11 is 0. The van der Waals surface area contributed by atoms with Crippen molar-refractivity contribution in [3.63, 3.8) is 0 Å². The third-order valence-corrected chi connectivity index (χ3v) is 5.54. The van der Waals surface area contributed by atoms with Crippen LogP contribution >= 0.6 is 0 Å². The fourth-order valence-electron chi connectivity index (χ4n) is 3.46. The molecular weight excluding hydrogens is 436 g/mol. The van der Waals surface area contributed by atoms with Gasteiger partial charge in [-0.15, -0.1) is 0 Å². The van der Waals surface area contributed by atoms with Crippen LogP contribution in [0.1, 0.15) is 59.2 Å². The van der Waals surface area contributed by atoms with Crippen molar-refractivity contribution in [3.05, 3.63) is 89.3 Å². The van der Waals surface area contributed by atoms with Gasteiger partial charge in [0.25, 0.3) is 0 Å². The van der Waals surface area contributed by atoms with E-state index in [9.17, 15) is 4.79 Å². The number of aryl methyl sites for hydroxylation is 2. The molecule has 0 aliphatic heterocycles. The van der Waals surface area contributed by atoms with Gasteiger partial charge < -0.3 is 10.1 Å². The number of hydrogen-bond acceptors (Lipinski definition) is 5. The fourth-order valence-corrected chi connectivity index (χ4v) is 3.46. The molecule has 1 unspecified atom stereocenters. The molecule has 1 heterocycles. The third kappa shape index (κ3) is 9.51. The second-order valence-electron chi connectivity index (χ2n) is 7.95. The van der Waals surface area contributed by atoms with Crippen molar-refractivity contribution in [1.82, 2.24) is 20.4 Å². The molecule has 0 bridgehead atoms. The summed E-state index contributed by atoms with van der Waals surface area (Å²) in [5, 5.41) is 11.3. The molecular formula is C29H42N4O2. The molecule has 0 saturated heterocycles. The average Bonchev–Trinajstić information content (AvgIpc) is 3.23. The zero-order valence-corrected chi connectivity index (χ0v) is 22.4. The van der Waals surface area contributed by atoms with Crippen molar-refractivity contribution in [2.24, 2.45) is 0 Å². The third-order valence-electron chi connectivity index (χ3n) is 5.54. The number of ether oxygens (including phenoxy) is 1. The molecule has 0 spiro atoms. The van der Waals surface area contributed by atoms with E-state index in [2.05, 4.69) is 72.0 Å². The van der Waals surface area contributed by atoms with E-state index < -0.39 is 0 Å². The van der Waals surface area contributed by atoms with E-state index in [1.807, 2.05) is 27.1 Å². The van der Waals surface area contributed by atoms with Crippen molar-refractivity contribution in [1.29, 1.82) is 0 Å².